The molecule has 0 bridgehead atoms. The number of aliphatic carboxylic acids is 1. The van der Waals surface area contributed by atoms with E-state index in [2.05, 4.69) is 10.0 Å². The number of aryl methyl sites for hydroxylation is 2. The van der Waals surface area contributed by atoms with Crippen molar-refractivity contribution >= 4 is 27.6 Å². The van der Waals surface area contributed by atoms with E-state index in [0.29, 0.717) is 11.3 Å². The van der Waals surface area contributed by atoms with Gasteiger partial charge in [-0.2, -0.15) is 4.72 Å². The molecule has 0 radical (unpaired) electrons. The molecule has 0 saturated carbocycles. The Morgan fingerprint density at radius 2 is 1.85 bits per heavy atom. The molecule has 0 unspecified atom stereocenters. The summed E-state index contributed by atoms with van der Waals surface area (Å²) in [6.45, 7) is 3.97. The Morgan fingerprint density at radius 1 is 1.22 bits per heavy atom. The Kier molecular flexibility index (Phi) is 5.43. The number of nitrogens with zero attached hydrogens (tertiary/aromatic N) is 1. The number of nitrogens with one attached hydrogen (secondary N) is 2. The molecule has 10 heteroatoms. The first kappa shape index (κ1) is 20.6. The predicted octanol–water partition coefficient (Wildman–Crippen LogP) is 1.87. The fourth-order valence-electron chi connectivity index (χ4n) is 2.26. The lowest BCUT2D eigenvalue weighted by atomic mass is 10.1. The van der Waals surface area contributed by atoms with Gasteiger partial charge in [0, 0.05) is 18.9 Å². The highest BCUT2D eigenvalue weighted by atomic mass is 32.2. The molecular weight excluding hydrogens is 377 g/mol. The van der Waals surface area contributed by atoms with E-state index in [4.69, 9.17) is 5.11 Å². The predicted molar refractivity (Wildman–Crippen MR) is 96.5 cm³/mol. The highest BCUT2D eigenvalue weighted by molar-refractivity contribution is 7.89. The van der Waals surface area contributed by atoms with E-state index < -0.39 is 33.3 Å². The third-order valence-corrected chi connectivity index (χ3v) is 5.49. The topological polar surface area (TPSA) is 118 Å². The minimum Gasteiger partial charge on any atom is -0.480 e. The van der Waals surface area contributed by atoms with E-state index in [0.717, 1.165) is 6.07 Å². The molecule has 0 aliphatic heterocycles. The summed E-state index contributed by atoms with van der Waals surface area (Å²) < 4.78 is 41.5. The quantitative estimate of drug-likeness (QED) is 0.688. The zero-order chi connectivity index (χ0) is 20.6. The van der Waals surface area contributed by atoms with Crippen LogP contribution in [0, 0.1) is 12.7 Å². The summed E-state index contributed by atoms with van der Waals surface area (Å²) in [5, 5.41) is 11.6. The van der Waals surface area contributed by atoms with Crippen LogP contribution in [0.2, 0.25) is 0 Å². The molecule has 2 aromatic rings. The Morgan fingerprint density at radius 3 is 2.41 bits per heavy atom. The van der Waals surface area contributed by atoms with Crippen molar-refractivity contribution in [1.82, 2.24) is 9.29 Å². The largest absolute Gasteiger partial charge is 0.480 e. The number of amides is 1. The maximum atomic E-state index is 13.3. The Balaban J connectivity index is 2.28. The van der Waals surface area contributed by atoms with Gasteiger partial charge in [-0.15, -0.1) is 0 Å². The SMILES string of the molecule is Cc1cc(NC(=O)c2cc(S(=O)(=O)NC(C)(C)C(=O)O)cn2C)ccc1F. The van der Waals surface area contributed by atoms with Crippen LogP contribution in [0.4, 0.5) is 10.1 Å². The van der Waals surface area contributed by atoms with E-state index in [1.807, 2.05) is 0 Å². The van der Waals surface area contributed by atoms with Gasteiger partial charge in [-0.05, 0) is 50.6 Å². The van der Waals surface area contributed by atoms with Crippen molar-refractivity contribution < 1.29 is 27.5 Å². The van der Waals surface area contributed by atoms with Crippen LogP contribution in [-0.4, -0.2) is 35.5 Å². The minimum absolute atomic E-state index is 0.0329. The zero-order valence-electron chi connectivity index (χ0n) is 15.2. The summed E-state index contributed by atoms with van der Waals surface area (Å²) in [6, 6.07) is 5.18. The number of carboxylic acid groups (broad SMARTS) is 1. The van der Waals surface area contributed by atoms with E-state index >= 15 is 0 Å². The molecule has 1 aromatic carbocycles. The molecule has 2 rings (SSSR count). The molecule has 0 saturated heterocycles. The van der Waals surface area contributed by atoms with Crippen LogP contribution in [0.1, 0.15) is 29.9 Å². The van der Waals surface area contributed by atoms with Crippen LogP contribution in [-0.2, 0) is 21.9 Å². The van der Waals surface area contributed by atoms with Crippen molar-refractivity contribution in [2.45, 2.75) is 31.2 Å². The lowest BCUT2D eigenvalue weighted by Gasteiger charge is -2.20. The molecule has 8 nitrogen and oxygen atoms in total. The molecule has 1 amide bonds. The molecule has 27 heavy (non-hydrogen) atoms. The molecule has 1 heterocycles. The van der Waals surface area contributed by atoms with Gasteiger partial charge in [0.2, 0.25) is 10.0 Å². The third kappa shape index (κ3) is 4.52. The lowest BCUT2D eigenvalue weighted by Crippen LogP contribution is -2.49. The summed E-state index contributed by atoms with van der Waals surface area (Å²) in [6.07, 6.45) is 1.20. The fourth-order valence-corrected chi connectivity index (χ4v) is 3.70. The summed E-state index contributed by atoms with van der Waals surface area (Å²) in [4.78, 5) is 23.3. The highest BCUT2D eigenvalue weighted by Crippen LogP contribution is 2.19. The van der Waals surface area contributed by atoms with Crippen LogP contribution >= 0.6 is 0 Å². The second kappa shape index (κ2) is 7.12. The van der Waals surface area contributed by atoms with Gasteiger partial charge in [-0.25, -0.2) is 12.8 Å². The van der Waals surface area contributed by atoms with Crippen molar-refractivity contribution in [3.8, 4) is 0 Å². The normalized spacial score (nSPS) is 12.0. The van der Waals surface area contributed by atoms with Crippen LogP contribution in [0.15, 0.2) is 35.4 Å². The summed E-state index contributed by atoms with van der Waals surface area (Å²) in [5.41, 5.74) is -0.980. The second-order valence-corrected chi connectivity index (χ2v) is 8.31. The Labute approximate surface area is 156 Å². The number of aromatic nitrogens is 1. The van der Waals surface area contributed by atoms with Gasteiger partial charge in [0.25, 0.3) is 5.91 Å². The number of anilines is 1. The maximum Gasteiger partial charge on any atom is 0.324 e. The van der Waals surface area contributed by atoms with Crippen molar-refractivity contribution in [2.24, 2.45) is 7.05 Å². The summed E-state index contributed by atoms with van der Waals surface area (Å²) >= 11 is 0. The highest BCUT2D eigenvalue weighted by Gasteiger charge is 2.34. The van der Waals surface area contributed by atoms with Gasteiger partial charge >= 0.3 is 5.97 Å². The molecular formula is C17H20FN3O5S. The number of carbonyl (C=O) groups is 2. The zero-order valence-corrected chi connectivity index (χ0v) is 16.0. The number of hydrogen-bond donors (Lipinski definition) is 3. The molecule has 0 aliphatic carbocycles. The molecule has 0 spiro atoms. The van der Waals surface area contributed by atoms with Crippen LogP contribution < -0.4 is 10.0 Å². The molecule has 146 valence electrons. The number of sulfonamides is 1. The number of hydrogen-bond acceptors (Lipinski definition) is 4. The van der Waals surface area contributed by atoms with Gasteiger partial charge in [0.15, 0.2) is 0 Å². The number of rotatable bonds is 6. The van der Waals surface area contributed by atoms with E-state index in [1.54, 1.807) is 6.92 Å². The monoisotopic (exact) mass is 397 g/mol. The lowest BCUT2D eigenvalue weighted by molar-refractivity contribution is -0.142. The summed E-state index contributed by atoms with van der Waals surface area (Å²) in [5.74, 6) is -2.35. The van der Waals surface area contributed by atoms with Gasteiger partial charge in [0.05, 0.1) is 0 Å². The number of carbonyl (C=O) groups excluding carboxylic acids is 1. The van der Waals surface area contributed by atoms with Crippen molar-refractivity contribution in [3.63, 3.8) is 0 Å². The second-order valence-electron chi connectivity index (χ2n) is 6.63. The van der Waals surface area contributed by atoms with Gasteiger partial charge < -0.3 is 15.0 Å². The molecule has 0 aliphatic rings. The molecule has 0 fully saturated rings. The Bertz CT molecular complexity index is 1010. The average Bonchev–Trinajstić information content (AvgIpc) is 2.93. The summed E-state index contributed by atoms with van der Waals surface area (Å²) in [7, 11) is -2.69. The number of carboxylic acids is 1. The van der Waals surface area contributed by atoms with Crippen LogP contribution in [0.3, 0.4) is 0 Å². The van der Waals surface area contributed by atoms with Crippen LogP contribution in [0.5, 0.6) is 0 Å². The fraction of sp³-hybridized carbons (Fsp3) is 0.294. The molecule has 0 atom stereocenters. The number of benzene rings is 1. The first-order valence-electron chi connectivity index (χ1n) is 7.85. The van der Waals surface area contributed by atoms with Crippen LogP contribution in [0.25, 0.3) is 0 Å². The van der Waals surface area contributed by atoms with Gasteiger partial charge in [-0.3, -0.25) is 9.59 Å². The third-order valence-electron chi connectivity index (χ3n) is 3.86. The minimum atomic E-state index is -4.16. The smallest absolute Gasteiger partial charge is 0.324 e. The average molecular weight is 397 g/mol. The van der Waals surface area contributed by atoms with Crippen molar-refractivity contribution in [3.05, 3.63) is 47.5 Å². The number of halogens is 1. The van der Waals surface area contributed by atoms with Crippen molar-refractivity contribution in [2.75, 3.05) is 5.32 Å². The van der Waals surface area contributed by atoms with Gasteiger partial charge in [-0.1, -0.05) is 0 Å². The first-order valence-corrected chi connectivity index (χ1v) is 9.33. The van der Waals surface area contributed by atoms with E-state index in [-0.39, 0.29) is 10.6 Å². The maximum absolute atomic E-state index is 13.3. The standard InChI is InChI=1S/C17H20FN3O5S/c1-10-7-11(5-6-13(10)18)19-15(22)14-8-12(9-21(14)4)27(25,26)20-17(2,3)16(23)24/h5-9,20H,1-4H3,(H,19,22)(H,23,24). The van der Waals surface area contributed by atoms with Crippen molar-refractivity contribution in [1.29, 1.82) is 0 Å². The van der Waals surface area contributed by atoms with E-state index in [1.165, 1.54) is 49.9 Å². The Hall–Kier alpha value is -2.72. The first-order chi connectivity index (χ1) is 12.3. The molecule has 1 aromatic heterocycles. The van der Waals surface area contributed by atoms with E-state index in [9.17, 15) is 22.4 Å². The molecule has 3 N–H and O–H groups in total. The van der Waals surface area contributed by atoms with Gasteiger partial charge in [0.1, 0.15) is 21.9 Å².